The van der Waals surface area contributed by atoms with E-state index in [0.29, 0.717) is 13.2 Å². The van der Waals surface area contributed by atoms with E-state index in [4.69, 9.17) is 16.3 Å². The summed E-state index contributed by atoms with van der Waals surface area (Å²) in [6, 6.07) is 22.1. The maximum absolute atomic E-state index is 6.08. The number of hydrogen-bond acceptors (Lipinski definition) is 2. The zero-order valence-corrected chi connectivity index (χ0v) is 12.3. The van der Waals surface area contributed by atoms with E-state index in [1.54, 1.807) is 0 Å². The van der Waals surface area contributed by atoms with Crippen molar-refractivity contribution >= 4 is 28.1 Å². The first-order valence-electron chi connectivity index (χ1n) is 6.93. The van der Waals surface area contributed by atoms with Crippen LogP contribution in [0, 0.1) is 0 Å². The van der Waals surface area contributed by atoms with Crippen molar-refractivity contribution in [3.8, 4) is 5.75 Å². The maximum Gasteiger partial charge on any atom is 0.120 e. The van der Waals surface area contributed by atoms with E-state index in [2.05, 4.69) is 29.6 Å². The molecule has 21 heavy (non-hydrogen) atoms. The second kappa shape index (κ2) is 6.51. The van der Waals surface area contributed by atoms with E-state index in [9.17, 15) is 0 Å². The van der Waals surface area contributed by atoms with Crippen LogP contribution >= 0.6 is 11.6 Å². The standard InChI is InChI=1S/C18H16ClNO/c19-17-7-3-4-8-18(17)20-11-12-21-16-10-9-14-5-1-2-6-15(14)13-16/h1-10,13,20H,11-12H2. The first kappa shape index (κ1) is 13.8. The average molecular weight is 298 g/mol. The quantitative estimate of drug-likeness (QED) is 0.670. The fraction of sp³-hybridized carbons (Fsp3) is 0.111. The second-order valence-electron chi connectivity index (χ2n) is 4.76. The summed E-state index contributed by atoms with van der Waals surface area (Å²) in [6.07, 6.45) is 0. The number of halogens is 1. The van der Waals surface area contributed by atoms with Crippen molar-refractivity contribution in [3.63, 3.8) is 0 Å². The Morgan fingerprint density at radius 1 is 0.857 bits per heavy atom. The normalized spacial score (nSPS) is 10.5. The predicted molar refractivity (Wildman–Crippen MR) is 89.4 cm³/mol. The van der Waals surface area contributed by atoms with Crippen LogP contribution in [0.25, 0.3) is 10.8 Å². The van der Waals surface area contributed by atoms with Crippen LogP contribution in [0.4, 0.5) is 5.69 Å². The number of hydrogen-bond donors (Lipinski definition) is 1. The molecule has 0 saturated carbocycles. The third-order valence-corrected chi connectivity index (χ3v) is 3.61. The fourth-order valence-corrected chi connectivity index (χ4v) is 2.42. The van der Waals surface area contributed by atoms with Crippen molar-refractivity contribution in [2.75, 3.05) is 18.5 Å². The van der Waals surface area contributed by atoms with Gasteiger partial charge in [-0.2, -0.15) is 0 Å². The molecule has 0 spiro atoms. The number of anilines is 1. The highest BCUT2D eigenvalue weighted by Gasteiger charge is 1.99. The minimum atomic E-state index is 0.587. The highest BCUT2D eigenvalue weighted by atomic mass is 35.5. The van der Waals surface area contributed by atoms with Crippen molar-refractivity contribution in [1.82, 2.24) is 0 Å². The molecule has 106 valence electrons. The van der Waals surface area contributed by atoms with Gasteiger partial charge in [-0.3, -0.25) is 0 Å². The Balaban J connectivity index is 1.56. The zero-order valence-electron chi connectivity index (χ0n) is 11.6. The van der Waals surface area contributed by atoms with Crippen molar-refractivity contribution in [3.05, 3.63) is 71.8 Å². The van der Waals surface area contributed by atoms with E-state index in [1.165, 1.54) is 10.8 Å². The van der Waals surface area contributed by atoms with Crippen LogP contribution in [0.3, 0.4) is 0 Å². The monoisotopic (exact) mass is 297 g/mol. The minimum Gasteiger partial charge on any atom is -0.492 e. The Kier molecular flexibility index (Phi) is 4.27. The molecule has 1 N–H and O–H groups in total. The molecule has 3 aromatic carbocycles. The van der Waals surface area contributed by atoms with Crippen molar-refractivity contribution in [1.29, 1.82) is 0 Å². The Bertz CT molecular complexity index is 742. The molecule has 0 atom stereocenters. The van der Waals surface area contributed by atoms with Gasteiger partial charge in [-0.05, 0) is 35.0 Å². The molecular formula is C18H16ClNO. The topological polar surface area (TPSA) is 21.3 Å². The summed E-state index contributed by atoms with van der Waals surface area (Å²) in [7, 11) is 0. The zero-order chi connectivity index (χ0) is 14.5. The van der Waals surface area contributed by atoms with Gasteiger partial charge in [0, 0.05) is 6.54 Å². The molecule has 2 nitrogen and oxygen atoms in total. The maximum atomic E-state index is 6.08. The molecule has 0 radical (unpaired) electrons. The molecule has 0 fully saturated rings. The number of ether oxygens (including phenoxy) is 1. The fourth-order valence-electron chi connectivity index (χ4n) is 2.22. The Hall–Kier alpha value is -2.19. The first-order chi connectivity index (χ1) is 10.3. The van der Waals surface area contributed by atoms with Crippen molar-refractivity contribution in [2.24, 2.45) is 0 Å². The van der Waals surface area contributed by atoms with Crippen molar-refractivity contribution < 1.29 is 4.74 Å². The lowest BCUT2D eigenvalue weighted by molar-refractivity contribution is 0.333. The van der Waals surface area contributed by atoms with E-state index < -0.39 is 0 Å². The summed E-state index contributed by atoms with van der Waals surface area (Å²) in [4.78, 5) is 0. The number of fused-ring (bicyclic) bond motifs is 1. The van der Waals surface area contributed by atoms with Crippen LogP contribution in [-0.2, 0) is 0 Å². The molecular weight excluding hydrogens is 282 g/mol. The third-order valence-electron chi connectivity index (χ3n) is 3.28. The molecule has 3 rings (SSSR count). The number of benzene rings is 3. The van der Waals surface area contributed by atoms with E-state index >= 15 is 0 Å². The predicted octanol–water partition coefficient (Wildman–Crippen LogP) is 4.98. The number of para-hydroxylation sites is 1. The molecule has 0 saturated heterocycles. The first-order valence-corrected chi connectivity index (χ1v) is 7.31. The van der Waals surface area contributed by atoms with Gasteiger partial charge in [0.25, 0.3) is 0 Å². The molecule has 0 unspecified atom stereocenters. The lowest BCUT2D eigenvalue weighted by atomic mass is 10.1. The molecule has 0 aliphatic rings. The molecule has 0 aromatic heterocycles. The van der Waals surface area contributed by atoms with Gasteiger partial charge in [0.15, 0.2) is 0 Å². The van der Waals surface area contributed by atoms with Crippen LogP contribution < -0.4 is 10.1 Å². The van der Waals surface area contributed by atoms with Crippen LogP contribution in [0.5, 0.6) is 5.75 Å². The van der Waals surface area contributed by atoms with Gasteiger partial charge < -0.3 is 10.1 Å². The molecule has 3 heteroatoms. The Morgan fingerprint density at radius 3 is 2.48 bits per heavy atom. The van der Waals surface area contributed by atoms with Crippen molar-refractivity contribution in [2.45, 2.75) is 0 Å². The van der Waals surface area contributed by atoms with Crippen LogP contribution in [-0.4, -0.2) is 13.2 Å². The van der Waals surface area contributed by atoms with E-state index in [-0.39, 0.29) is 0 Å². The second-order valence-corrected chi connectivity index (χ2v) is 5.17. The molecule has 0 bridgehead atoms. The average Bonchev–Trinajstić information content (AvgIpc) is 2.53. The van der Waals surface area contributed by atoms with Gasteiger partial charge in [-0.15, -0.1) is 0 Å². The molecule has 0 heterocycles. The van der Waals surface area contributed by atoms with Gasteiger partial charge >= 0.3 is 0 Å². The van der Waals surface area contributed by atoms with Gasteiger partial charge in [0.2, 0.25) is 0 Å². The lowest BCUT2D eigenvalue weighted by Gasteiger charge is -2.10. The Labute approximate surface area is 129 Å². The summed E-state index contributed by atoms with van der Waals surface area (Å²) in [6.45, 7) is 1.29. The largest absolute Gasteiger partial charge is 0.492 e. The van der Waals surface area contributed by atoms with E-state index in [1.807, 2.05) is 42.5 Å². The molecule has 0 amide bonds. The number of rotatable bonds is 5. The summed E-state index contributed by atoms with van der Waals surface area (Å²) in [5, 5.41) is 6.40. The van der Waals surface area contributed by atoms with Crippen LogP contribution in [0.15, 0.2) is 66.7 Å². The highest BCUT2D eigenvalue weighted by Crippen LogP contribution is 2.21. The smallest absolute Gasteiger partial charge is 0.120 e. The molecule has 0 aliphatic carbocycles. The molecule has 3 aromatic rings. The lowest BCUT2D eigenvalue weighted by Crippen LogP contribution is -2.11. The van der Waals surface area contributed by atoms with Gasteiger partial charge in [0.05, 0.1) is 10.7 Å². The minimum absolute atomic E-state index is 0.587. The van der Waals surface area contributed by atoms with Gasteiger partial charge in [-0.1, -0.05) is 54.1 Å². The van der Waals surface area contributed by atoms with Gasteiger partial charge in [0.1, 0.15) is 12.4 Å². The summed E-state index contributed by atoms with van der Waals surface area (Å²) < 4.78 is 5.77. The van der Waals surface area contributed by atoms with E-state index in [0.717, 1.165) is 16.5 Å². The Morgan fingerprint density at radius 2 is 1.62 bits per heavy atom. The SMILES string of the molecule is Clc1ccccc1NCCOc1ccc2ccccc2c1. The number of nitrogens with one attached hydrogen (secondary N) is 1. The van der Waals surface area contributed by atoms with Crippen LogP contribution in [0.2, 0.25) is 5.02 Å². The highest BCUT2D eigenvalue weighted by molar-refractivity contribution is 6.33. The van der Waals surface area contributed by atoms with Crippen LogP contribution in [0.1, 0.15) is 0 Å². The summed E-state index contributed by atoms with van der Waals surface area (Å²) in [5.74, 6) is 0.884. The third kappa shape index (κ3) is 3.47. The summed E-state index contributed by atoms with van der Waals surface area (Å²) >= 11 is 6.08. The molecule has 0 aliphatic heterocycles. The van der Waals surface area contributed by atoms with Gasteiger partial charge in [-0.25, -0.2) is 0 Å². The summed E-state index contributed by atoms with van der Waals surface area (Å²) in [5.41, 5.74) is 0.932.